The molecule has 0 fully saturated rings. The van der Waals surface area contributed by atoms with Crippen LogP contribution >= 0.6 is 0 Å². The molecule has 0 saturated carbocycles. The number of rotatable bonds is 3. The highest BCUT2D eigenvalue weighted by molar-refractivity contribution is 6.02. The van der Waals surface area contributed by atoms with Crippen LogP contribution in [0.2, 0.25) is 0 Å². The summed E-state index contributed by atoms with van der Waals surface area (Å²) in [6, 6.07) is 15.3. The number of hydrogen-bond acceptors (Lipinski definition) is 2. The maximum absolute atomic E-state index is 12.4. The van der Waals surface area contributed by atoms with Gasteiger partial charge in [0.25, 0.3) is 0 Å². The molecule has 0 spiro atoms. The summed E-state index contributed by atoms with van der Waals surface area (Å²) in [6.07, 6.45) is 0. The van der Waals surface area contributed by atoms with Crippen LogP contribution in [0.25, 0.3) is 11.1 Å². The molecule has 0 heterocycles. The molecule has 0 aliphatic rings. The van der Waals surface area contributed by atoms with Crippen molar-refractivity contribution in [3.8, 4) is 11.1 Å². The number of nitrogens with one attached hydrogen (secondary N) is 2. The van der Waals surface area contributed by atoms with E-state index >= 15 is 0 Å². The third-order valence-corrected chi connectivity index (χ3v) is 4.00. The molecule has 138 valence electrons. The van der Waals surface area contributed by atoms with Gasteiger partial charge in [0.2, 0.25) is 11.8 Å². The average molecular weight is 352 g/mol. The first-order valence-electron chi connectivity index (χ1n) is 8.81. The van der Waals surface area contributed by atoms with Crippen molar-refractivity contribution >= 4 is 23.2 Å². The minimum Gasteiger partial charge on any atom is -0.325 e. The van der Waals surface area contributed by atoms with Crippen LogP contribution in [0.4, 0.5) is 11.4 Å². The highest BCUT2D eigenvalue weighted by Gasteiger charge is 2.24. The molecule has 2 aromatic rings. The third kappa shape index (κ3) is 4.72. The first-order chi connectivity index (χ1) is 12.0. The van der Waals surface area contributed by atoms with Crippen LogP contribution in [0.15, 0.2) is 48.5 Å². The van der Waals surface area contributed by atoms with Gasteiger partial charge in [0.1, 0.15) is 0 Å². The Hall–Kier alpha value is -2.62. The van der Waals surface area contributed by atoms with Crippen molar-refractivity contribution in [1.82, 2.24) is 0 Å². The zero-order valence-electron chi connectivity index (χ0n) is 16.4. The fraction of sp³-hybridized carbons (Fsp3) is 0.364. The largest absolute Gasteiger partial charge is 0.325 e. The Balaban J connectivity index is 2.44. The third-order valence-electron chi connectivity index (χ3n) is 4.00. The molecular weight excluding hydrogens is 324 g/mol. The van der Waals surface area contributed by atoms with Gasteiger partial charge in [-0.15, -0.1) is 0 Å². The van der Waals surface area contributed by atoms with Crippen LogP contribution in [-0.4, -0.2) is 11.8 Å². The maximum atomic E-state index is 12.4. The first-order valence-corrected chi connectivity index (χ1v) is 8.81. The Morgan fingerprint density at radius 2 is 0.923 bits per heavy atom. The lowest BCUT2D eigenvalue weighted by molar-refractivity contribution is -0.123. The van der Waals surface area contributed by atoms with E-state index in [9.17, 15) is 9.59 Å². The molecule has 0 atom stereocenters. The average Bonchev–Trinajstić information content (AvgIpc) is 2.54. The Labute approximate surface area is 156 Å². The van der Waals surface area contributed by atoms with Gasteiger partial charge < -0.3 is 10.6 Å². The van der Waals surface area contributed by atoms with E-state index in [1.807, 2.05) is 90.1 Å². The second-order valence-corrected chi connectivity index (χ2v) is 8.50. The summed E-state index contributed by atoms with van der Waals surface area (Å²) in [4.78, 5) is 24.9. The summed E-state index contributed by atoms with van der Waals surface area (Å²) in [5.41, 5.74) is 2.21. The number of carbonyl (C=O) groups excluding carboxylic acids is 2. The fourth-order valence-electron chi connectivity index (χ4n) is 2.27. The lowest BCUT2D eigenvalue weighted by Gasteiger charge is -2.22. The van der Waals surface area contributed by atoms with E-state index in [0.29, 0.717) is 0 Å². The monoisotopic (exact) mass is 352 g/mol. The zero-order valence-corrected chi connectivity index (χ0v) is 16.4. The standard InChI is InChI=1S/C22H28N2O2/c1-21(2,3)19(25)23-17-13-9-7-11-15(17)16-12-8-10-14-18(16)24-20(26)22(4,5)6/h7-14H,1-6H3,(H,23,25)(H,24,26). The van der Waals surface area contributed by atoms with Crippen LogP contribution in [0.3, 0.4) is 0 Å². The quantitative estimate of drug-likeness (QED) is 0.785. The molecule has 4 heteroatoms. The van der Waals surface area contributed by atoms with Gasteiger partial charge in [0, 0.05) is 33.3 Å². The number of anilines is 2. The Morgan fingerprint density at radius 3 is 1.23 bits per heavy atom. The Kier molecular flexibility index (Phi) is 5.55. The van der Waals surface area contributed by atoms with E-state index in [0.717, 1.165) is 22.5 Å². The van der Waals surface area contributed by atoms with Gasteiger partial charge in [-0.25, -0.2) is 0 Å². The summed E-state index contributed by atoms with van der Waals surface area (Å²) in [7, 11) is 0. The predicted molar refractivity (Wildman–Crippen MR) is 108 cm³/mol. The molecule has 0 radical (unpaired) electrons. The van der Waals surface area contributed by atoms with Crippen molar-refractivity contribution in [3.63, 3.8) is 0 Å². The van der Waals surface area contributed by atoms with Crippen molar-refractivity contribution in [2.24, 2.45) is 10.8 Å². The molecule has 0 aliphatic heterocycles. The van der Waals surface area contributed by atoms with E-state index in [2.05, 4.69) is 10.6 Å². The van der Waals surface area contributed by atoms with Gasteiger partial charge in [-0.05, 0) is 12.1 Å². The normalized spacial score (nSPS) is 11.8. The molecule has 2 amide bonds. The highest BCUT2D eigenvalue weighted by atomic mass is 16.2. The van der Waals surface area contributed by atoms with Gasteiger partial charge in [-0.2, -0.15) is 0 Å². The van der Waals surface area contributed by atoms with E-state index < -0.39 is 10.8 Å². The van der Waals surface area contributed by atoms with Crippen LogP contribution in [0.1, 0.15) is 41.5 Å². The molecule has 26 heavy (non-hydrogen) atoms. The minimum absolute atomic E-state index is 0.0545. The fourth-order valence-corrected chi connectivity index (χ4v) is 2.27. The van der Waals surface area contributed by atoms with Gasteiger partial charge in [0.15, 0.2) is 0 Å². The lowest BCUT2D eigenvalue weighted by atomic mass is 9.94. The molecule has 0 aliphatic carbocycles. The van der Waals surface area contributed by atoms with Crippen molar-refractivity contribution in [2.45, 2.75) is 41.5 Å². The molecule has 0 aromatic heterocycles. The molecule has 2 N–H and O–H groups in total. The van der Waals surface area contributed by atoms with Gasteiger partial charge in [0.05, 0.1) is 0 Å². The number of hydrogen-bond donors (Lipinski definition) is 2. The second-order valence-electron chi connectivity index (χ2n) is 8.50. The van der Waals surface area contributed by atoms with E-state index in [-0.39, 0.29) is 11.8 Å². The molecule has 0 unspecified atom stereocenters. The first kappa shape index (κ1) is 19.7. The molecule has 2 rings (SSSR count). The lowest BCUT2D eigenvalue weighted by Crippen LogP contribution is -2.28. The van der Waals surface area contributed by atoms with Crippen LogP contribution in [-0.2, 0) is 9.59 Å². The minimum atomic E-state index is -0.493. The number of benzene rings is 2. The van der Waals surface area contributed by atoms with Crippen molar-refractivity contribution < 1.29 is 9.59 Å². The molecule has 0 saturated heterocycles. The highest BCUT2D eigenvalue weighted by Crippen LogP contribution is 2.35. The van der Waals surface area contributed by atoms with Gasteiger partial charge in [-0.3, -0.25) is 9.59 Å². The maximum Gasteiger partial charge on any atom is 0.229 e. The topological polar surface area (TPSA) is 58.2 Å². The van der Waals surface area contributed by atoms with Crippen LogP contribution in [0.5, 0.6) is 0 Å². The summed E-state index contributed by atoms with van der Waals surface area (Å²) in [5.74, 6) is -0.109. The van der Waals surface area contributed by atoms with E-state index in [1.54, 1.807) is 0 Å². The predicted octanol–water partition coefficient (Wildman–Crippen LogP) is 5.32. The van der Waals surface area contributed by atoms with Crippen LogP contribution in [0, 0.1) is 10.8 Å². The Morgan fingerprint density at radius 1 is 0.615 bits per heavy atom. The number of amides is 2. The summed E-state index contributed by atoms with van der Waals surface area (Å²) in [6.45, 7) is 11.3. The van der Waals surface area contributed by atoms with E-state index in [4.69, 9.17) is 0 Å². The van der Waals surface area contributed by atoms with Crippen molar-refractivity contribution in [1.29, 1.82) is 0 Å². The van der Waals surface area contributed by atoms with E-state index in [1.165, 1.54) is 0 Å². The molecular formula is C22H28N2O2. The zero-order chi connectivity index (χ0) is 19.5. The summed E-state index contributed by atoms with van der Waals surface area (Å²) in [5, 5.41) is 6.02. The number of carbonyl (C=O) groups is 2. The SMILES string of the molecule is CC(C)(C)C(=O)Nc1ccccc1-c1ccccc1NC(=O)C(C)(C)C. The number of para-hydroxylation sites is 2. The smallest absolute Gasteiger partial charge is 0.229 e. The van der Waals surface area contributed by atoms with Crippen molar-refractivity contribution in [2.75, 3.05) is 10.6 Å². The molecule has 0 bridgehead atoms. The second kappa shape index (κ2) is 7.32. The van der Waals surface area contributed by atoms with Crippen molar-refractivity contribution in [3.05, 3.63) is 48.5 Å². The van der Waals surface area contributed by atoms with Gasteiger partial charge >= 0.3 is 0 Å². The van der Waals surface area contributed by atoms with Crippen LogP contribution < -0.4 is 10.6 Å². The molecule has 4 nitrogen and oxygen atoms in total. The molecule has 2 aromatic carbocycles. The van der Waals surface area contributed by atoms with Gasteiger partial charge in [-0.1, -0.05) is 77.9 Å². The summed E-state index contributed by atoms with van der Waals surface area (Å²) >= 11 is 0. The summed E-state index contributed by atoms with van der Waals surface area (Å²) < 4.78 is 0. The Bertz CT molecular complexity index is 742.